The highest BCUT2D eigenvalue weighted by molar-refractivity contribution is 6.40. The minimum atomic E-state index is -0.0763. The molecule has 0 aliphatic heterocycles. The van der Waals surface area contributed by atoms with Crippen LogP contribution in [-0.2, 0) is 9.47 Å². The van der Waals surface area contributed by atoms with Crippen LogP contribution in [0.2, 0.25) is 6.55 Å². The number of rotatable bonds is 5. The van der Waals surface area contributed by atoms with Gasteiger partial charge in [-0.3, -0.25) is 0 Å². The molecule has 0 N–H and O–H groups in total. The van der Waals surface area contributed by atoms with E-state index in [0.717, 1.165) is 15.9 Å². The maximum Gasteiger partial charge on any atom is 0.160 e. The quantitative estimate of drug-likeness (QED) is 0.443. The predicted molar refractivity (Wildman–Crippen MR) is 43.2 cm³/mol. The maximum absolute atomic E-state index is 4.98. The van der Waals surface area contributed by atoms with Crippen LogP contribution in [0.1, 0.15) is 6.42 Å². The average molecular weight is 158 g/mol. The lowest BCUT2D eigenvalue weighted by atomic mass is 10.4. The van der Waals surface area contributed by atoms with E-state index in [1.165, 1.54) is 0 Å². The molecular weight excluding hydrogens is 144 g/mol. The first-order valence-corrected chi connectivity index (χ1v) is 4.80. The second-order valence-corrected chi connectivity index (χ2v) is 2.74. The van der Waals surface area contributed by atoms with E-state index >= 15 is 0 Å². The molecule has 10 heavy (non-hydrogen) atoms. The Morgan fingerprint density at radius 2 is 2.00 bits per heavy atom. The van der Waals surface area contributed by atoms with Crippen LogP contribution in [0.4, 0.5) is 0 Å². The van der Waals surface area contributed by atoms with Gasteiger partial charge in [-0.2, -0.15) is 0 Å². The molecule has 0 saturated heterocycles. The molecule has 0 spiro atoms. The van der Waals surface area contributed by atoms with E-state index in [2.05, 4.69) is 18.3 Å². The molecule has 0 amide bonds. The summed E-state index contributed by atoms with van der Waals surface area (Å²) in [4.78, 5) is 0. The molecule has 0 aromatic rings. The number of ether oxygens (including phenoxy) is 2. The minimum Gasteiger partial charge on any atom is -0.356 e. The Kier molecular flexibility index (Phi) is 6.90. The van der Waals surface area contributed by atoms with E-state index in [1.54, 1.807) is 14.2 Å². The Morgan fingerprint density at radius 3 is 2.40 bits per heavy atom. The molecule has 0 bridgehead atoms. The van der Waals surface area contributed by atoms with Crippen molar-refractivity contribution in [2.45, 2.75) is 19.3 Å². The molecular formula is C7H14O2Si. The predicted octanol–water partition coefficient (Wildman–Crippen LogP) is 1.26. The molecule has 0 unspecified atom stereocenters. The molecule has 0 aromatic heterocycles. The lowest BCUT2D eigenvalue weighted by Gasteiger charge is -2.09. The standard InChI is InChI=1S/C7H14O2Si/c1-8-7(9-2)5-4-6-10-3/h4,6-7H,5H2,1-3H3. The van der Waals surface area contributed by atoms with Gasteiger partial charge >= 0.3 is 0 Å². The van der Waals surface area contributed by atoms with Gasteiger partial charge in [0.25, 0.3) is 0 Å². The first kappa shape index (κ1) is 9.88. The van der Waals surface area contributed by atoms with Crippen LogP contribution in [0.3, 0.4) is 0 Å². The average Bonchev–Trinajstić information content (AvgIpc) is 1.99. The van der Waals surface area contributed by atoms with Gasteiger partial charge in [0.1, 0.15) is 0 Å². The number of hydrogen-bond acceptors (Lipinski definition) is 2. The summed E-state index contributed by atoms with van der Waals surface area (Å²) >= 11 is 0. The second kappa shape index (κ2) is 6.99. The lowest BCUT2D eigenvalue weighted by Crippen LogP contribution is -2.10. The summed E-state index contributed by atoms with van der Waals surface area (Å²) in [6, 6.07) is 0. The molecule has 3 heteroatoms. The fraction of sp³-hybridized carbons (Fsp3) is 0.714. The summed E-state index contributed by atoms with van der Waals surface area (Å²) in [5, 5.41) is 0. The zero-order valence-electron chi connectivity index (χ0n) is 6.76. The third-order valence-electron chi connectivity index (χ3n) is 1.14. The zero-order valence-corrected chi connectivity index (χ0v) is 7.76. The molecule has 0 rings (SSSR count). The summed E-state index contributed by atoms with van der Waals surface area (Å²) in [6.45, 7) is 2.13. The van der Waals surface area contributed by atoms with Gasteiger partial charge in [0.15, 0.2) is 6.29 Å². The molecule has 0 atom stereocenters. The van der Waals surface area contributed by atoms with Crippen LogP contribution >= 0.6 is 0 Å². The van der Waals surface area contributed by atoms with Gasteiger partial charge in [-0.1, -0.05) is 12.6 Å². The van der Waals surface area contributed by atoms with Crippen LogP contribution in [0.25, 0.3) is 0 Å². The van der Waals surface area contributed by atoms with Gasteiger partial charge in [-0.05, 0) is 0 Å². The monoisotopic (exact) mass is 158 g/mol. The van der Waals surface area contributed by atoms with Crippen molar-refractivity contribution in [3.8, 4) is 0 Å². The van der Waals surface area contributed by atoms with E-state index < -0.39 is 0 Å². The first-order chi connectivity index (χ1) is 4.85. The molecule has 0 saturated carbocycles. The van der Waals surface area contributed by atoms with E-state index in [4.69, 9.17) is 9.47 Å². The first-order valence-electron chi connectivity index (χ1n) is 3.23. The normalized spacial score (nSPS) is 11.6. The van der Waals surface area contributed by atoms with Crippen molar-refractivity contribution in [1.82, 2.24) is 0 Å². The molecule has 0 aliphatic rings. The minimum absolute atomic E-state index is 0.0763. The fourth-order valence-corrected chi connectivity index (χ4v) is 0.957. The maximum atomic E-state index is 4.98. The Balaban J connectivity index is 3.34. The fourth-order valence-electron chi connectivity index (χ4n) is 0.586. The highest BCUT2D eigenvalue weighted by Crippen LogP contribution is 1.97. The summed E-state index contributed by atoms with van der Waals surface area (Å²) in [5.41, 5.74) is 2.13. The van der Waals surface area contributed by atoms with Gasteiger partial charge < -0.3 is 9.47 Å². The summed E-state index contributed by atoms with van der Waals surface area (Å²) in [6.07, 6.45) is 2.84. The van der Waals surface area contributed by atoms with E-state index in [1.807, 2.05) is 0 Å². The molecule has 2 radical (unpaired) electrons. The van der Waals surface area contributed by atoms with Crippen molar-refractivity contribution >= 4 is 9.52 Å². The molecule has 0 aromatic carbocycles. The zero-order chi connectivity index (χ0) is 7.82. The van der Waals surface area contributed by atoms with Crippen molar-refractivity contribution in [3.63, 3.8) is 0 Å². The van der Waals surface area contributed by atoms with Crippen molar-refractivity contribution in [3.05, 3.63) is 11.8 Å². The second-order valence-electron chi connectivity index (χ2n) is 1.83. The highest BCUT2D eigenvalue weighted by Gasteiger charge is 1.99. The van der Waals surface area contributed by atoms with Crippen LogP contribution in [0.5, 0.6) is 0 Å². The van der Waals surface area contributed by atoms with Crippen LogP contribution in [0, 0.1) is 0 Å². The Morgan fingerprint density at radius 1 is 1.40 bits per heavy atom. The van der Waals surface area contributed by atoms with Gasteiger partial charge in [0, 0.05) is 20.6 Å². The Labute approximate surface area is 65.0 Å². The Bertz CT molecular complexity index is 89.6. The number of hydrogen-bond donors (Lipinski definition) is 0. The summed E-state index contributed by atoms with van der Waals surface area (Å²) < 4.78 is 9.95. The summed E-state index contributed by atoms with van der Waals surface area (Å²) in [7, 11) is 4.17. The molecule has 0 heterocycles. The van der Waals surface area contributed by atoms with Crippen molar-refractivity contribution in [2.24, 2.45) is 0 Å². The van der Waals surface area contributed by atoms with E-state index in [0.29, 0.717) is 0 Å². The van der Waals surface area contributed by atoms with Gasteiger partial charge in [0.2, 0.25) is 0 Å². The van der Waals surface area contributed by atoms with Crippen molar-refractivity contribution in [2.75, 3.05) is 14.2 Å². The van der Waals surface area contributed by atoms with Gasteiger partial charge in [0.05, 0.1) is 9.52 Å². The van der Waals surface area contributed by atoms with Crippen LogP contribution in [0.15, 0.2) is 11.8 Å². The number of methoxy groups -OCH3 is 2. The largest absolute Gasteiger partial charge is 0.356 e. The lowest BCUT2D eigenvalue weighted by molar-refractivity contribution is -0.0985. The Hall–Kier alpha value is -0.123. The molecule has 0 aliphatic carbocycles. The summed E-state index contributed by atoms with van der Waals surface area (Å²) in [5.74, 6) is 0. The SMILES string of the molecule is COC(CC=C[Si]C)OC. The van der Waals surface area contributed by atoms with Gasteiger partial charge in [-0.15, -0.1) is 5.70 Å². The van der Waals surface area contributed by atoms with Gasteiger partial charge in [-0.25, -0.2) is 0 Å². The smallest absolute Gasteiger partial charge is 0.160 e. The molecule has 2 nitrogen and oxygen atoms in total. The van der Waals surface area contributed by atoms with Crippen molar-refractivity contribution in [1.29, 1.82) is 0 Å². The third-order valence-corrected chi connectivity index (χ3v) is 1.71. The van der Waals surface area contributed by atoms with Crippen LogP contribution in [-0.4, -0.2) is 30.0 Å². The van der Waals surface area contributed by atoms with Crippen LogP contribution < -0.4 is 0 Å². The molecule has 58 valence electrons. The third kappa shape index (κ3) is 4.73. The highest BCUT2D eigenvalue weighted by atomic mass is 28.2. The topological polar surface area (TPSA) is 18.5 Å². The van der Waals surface area contributed by atoms with Crippen molar-refractivity contribution < 1.29 is 9.47 Å². The molecule has 0 fully saturated rings. The van der Waals surface area contributed by atoms with E-state index in [9.17, 15) is 0 Å². The van der Waals surface area contributed by atoms with E-state index in [-0.39, 0.29) is 6.29 Å².